The van der Waals surface area contributed by atoms with Gasteiger partial charge in [-0.25, -0.2) is 8.42 Å². The molecular formula is C25H28ClNO5S. The van der Waals surface area contributed by atoms with E-state index in [4.69, 9.17) is 16.3 Å². The number of nitrogens with zero attached hydrogens (tertiary/aromatic N) is 1. The fourth-order valence-electron chi connectivity index (χ4n) is 4.93. The minimum atomic E-state index is -3.17. The van der Waals surface area contributed by atoms with Crippen molar-refractivity contribution in [2.24, 2.45) is 0 Å². The number of amides is 1. The van der Waals surface area contributed by atoms with Crippen LogP contribution in [0.15, 0.2) is 54.6 Å². The SMILES string of the molecule is O=C(COC(=O)C1(c2ccc(Cl)cc2)CCCC1)N(Cc1ccccc1)C1CCS(=O)(=O)C1. The fraction of sp³-hybridized carbons (Fsp3) is 0.440. The maximum absolute atomic E-state index is 13.2. The largest absolute Gasteiger partial charge is 0.455 e. The monoisotopic (exact) mass is 489 g/mol. The van der Waals surface area contributed by atoms with Gasteiger partial charge >= 0.3 is 5.97 Å². The lowest BCUT2D eigenvalue weighted by Crippen LogP contribution is -2.44. The number of ether oxygens (including phenoxy) is 1. The van der Waals surface area contributed by atoms with Crippen molar-refractivity contribution in [2.45, 2.75) is 50.1 Å². The maximum atomic E-state index is 13.2. The van der Waals surface area contributed by atoms with Crippen LogP contribution in [0.25, 0.3) is 0 Å². The highest BCUT2D eigenvalue weighted by molar-refractivity contribution is 7.91. The van der Waals surface area contributed by atoms with Gasteiger partial charge < -0.3 is 9.64 Å². The lowest BCUT2D eigenvalue weighted by atomic mass is 9.79. The quantitative estimate of drug-likeness (QED) is 0.551. The Balaban J connectivity index is 1.49. The fourth-order valence-corrected chi connectivity index (χ4v) is 6.79. The van der Waals surface area contributed by atoms with Gasteiger partial charge in [-0.2, -0.15) is 0 Å². The molecule has 2 aromatic rings. The molecule has 1 aliphatic carbocycles. The van der Waals surface area contributed by atoms with Crippen molar-refractivity contribution in [3.8, 4) is 0 Å². The Labute approximate surface area is 199 Å². The second kappa shape index (κ2) is 9.85. The highest BCUT2D eigenvalue weighted by Crippen LogP contribution is 2.42. The molecule has 176 valence electrons. The van der Waals surface area contributed by atoms with Crippen molar-refractivity contribution in [3.05, 3.63) is 70.7 Å². The average Bonchev–Trinajstić information content (AvgIpc) is 3.44. The van der Waals surface area contributed by atoms with Crippen molar-refractivity contribution < 1.29 is 22.7 Å². The molecule has 0 spiro atoms. The minimum absolute atomic E-state index is 0.0613. The standard InChI is InChI=1S/C25H28ClNO5S/c26-21-10-8-20(9-11-21)25(13-4-5-14-25)24(29)32-17-23(28)27(16-19-6-2-1-3-7-19)22-12-15-33(30,31)18-22/h1-3,6-11,22H,4-5,12-18H2. The maximum Gasteiger partial charge on any atom is 0.317 e. The first-order valence-electron chi connectivity index (χ1n) is 11.3. The van der Waals surface area contributed by atoms with Gasteiger partial charge in [-0.15, -0.1) is 0 Å². The van der Waals surface area contributed by atoms with E-state index in [1.165, 1.54) is 0 Å². The number of carbonyl (C=O) groups excluding carboxylic acids is 2. The van der Waals surface area contributed by atoms with Crippen molar-refractivity contribution in [1.82, 2.24) is 4.90 Å². The molecule has 1 heterocycles. The summed E-state index contributed by atoms with van der Waals surface area (Å²) in [4.78, 5) is 28.0. The molecule has 2 aliphatic rings. The summed E-state index contributed by atoms with van der Waals surface area (Å²) < 4.78 is 29.7. The number of hydrogen-bond donors (Lipinski definition) is 0. The summed E-state index contributed by atoms with van der Waals surface area (Å²) in [6, 6.07) is 16.2. The van der Waals surface area contributed by atoms with Crippen LogP contribution in [0, 0.1) is 0 Å². The van der Waals surface area contributed by atoms with Gasteiger partial charge in [0, 0.05) is 17.6 Å². The molecule has 1 unspecified atom stereocenters. The molecule has 6 nitrogen and oxygen atoms in total. The Morgan fingerprint density at radius 1 is 1.03 bits per heavy atom. The molecule has 4 rings (SSSR count). The van der Waals surface area contributed by atoms with E-state index in [0.29, 0.717) is 24.3 Å². The van der Waals surface area contributed by atoms with Crippen molar-refractivity contribution >= 4 is 33.3 Å². The van der Waals surface area contributed by atoms with E-state index in [0.717, 1.165) is 24.0 Å². The van der Waals surface area contributed by atoms with Gasteiger partial charge in [-0.1, -0.05) is 66.9 Å². The number of benzene rings is 2. The molecule has 2 aromatic carbocycles. The first-order valence-corrected chi connectivity index (χ1v) is 13.5. The Morgan fingerprint density at radius 2 is 1.70 bits per heavy atom. The molecule has 1 atom stereocenters. The summed E-state index contributed by atoms with van der Waals surface area (Å²) in [5.41, 5.74) is 0.978. The molecule has 2 fully saturated rings. The summed E-state index contributed by atoms with van der Waals surface area (Å²) in [6.07, 6.45) is 3.54. The van der Waals surface area contributed by atoms with E-state index in [-0.39, 0.29) is 24.0 Å². The third-order valence-corrected chi connectivity index (χ3v) is 8.74. The smallest absolute Gasteiger partial charge is 0.317 e. The molecule has 0 aromatic heterocycles. The molecular weight excluding hydrogens is 462 g/mol. The van der Waals surface area contributed by atoms with Gasteiger partial charge in [-0.3, -0.25) is 9.59 Å². The summed E-state index contributed by atoms with van der Waals surface area (Å²) in [5, 5.41) is 0.596. The van der Waals surface area contributed by atoms with Crippen LogP contribution in [0.2, 0.25) is 5.02 Å². The van der Waals surface area contributed by atoms with E-state index in [1.54, 1.807) is 17.0 Å². The molecule has 1 saturated heterocycles. The molecule has 33 heavy (non-hydrogen) atoms. The van der Waals surface area contributed by atoms with Crippen LogP contribution in [0.5, 0.6) is 0 Å². The van der Waals surface area contributed by atoms with E-state index in [2.05, 4.69) is 0 Å². The zero-order valence-electron chi connectivity index (χ0n) is 18.4. The molecule has 0 radical (unpaired) electrons. The average molecular weight is 490 g/mol. The van der Waals surface area contributed by atoms with Gasteiger partial charge in [0.25, 0.3) is 5.91 Å². The van der Waals surface area contributed by atoms with E-state index in [9.17, 15) is 18.0 Å². The lowest BCUT2D eigenvalue weighted by Gasteiger charge is -2.30. The molecule has 0 bridgehead atoms. The number of carbonyl (C=O) groups is 2. The molecule has 0 N–H and O–H groups in total. The van der Waals surface area contributed by atoms with Crippen LogP contribution in [0.3, 0.4) is 0 Å². The Bertz CT molecular complexity index is 1100. The first kappa shape index (κ1) is 23.8. The van der Waals surface area contributed by atoms with Crippen LogP contribution in [0.1, 0.15) is 43.2 Å². The van der Waals surface area contributed by atoms with Gasteiger partial charge in [0.2, 0.25) is 0 Å². The molecule has 8 heteroatoms. The summed E-state index contributed by atoms with van der Waals surface area (Å²) in [6.45, 7) is -0.128. The molecule has 1 saturated carbocycles. The van der Waals surface area contributed by atoms with Gasteiger partial charge in [0.15, 0.2) is 16.4 Å². The summed E-state index contributed by atoms with van der Waals surface area (Å²) >= 11 is 6.02. The van der Waals surface area contributed by atoms with Gasteiger partial charge in [0.1, 0.15) is 0 Å². The van der Waals surface area contributed by atoms with Gasteiger partial charge in [0.05, 0.1) is 16.9 Å². The van der Waals surface area contributed by atoms with Gasteiger partial charge in [-0.05, 0) is 42.5 Å². The predicted molar refractivity (Wildman–Crippen MR) is 127 cm³/mol. The zero-order chi connectivity index (χ0) is 23.5. The second-order valence-corrected chi connectivity index (χ2v) is 11.6. The molecule has 1 amide bonds. The number of halogens is 1. The van der Waals surface area contributed by atoms with Crippen LogP contribution in [0.4, 0.5) is 0 Å². The number of sulfone groups is 1. The van der Waals surface area contributed by atoms with E-state index in [1.807, 2.05) is 42.5 Å². The molecule has 1 aliphatic heterocycles. The van der Waals surface area contributed by atoms with Crippen LogP contribution < -0.4 is 0 Å². The Hall–Kier alpha value is -2.38. The van der Waals surface area contributed by atoms with Crippen LogP contribution in [-0.2, 0) is 36.1 Å². The minimum Gasteiger partial charge on any atom is -0.455 e. The Kier molecular flexibility index (Phi) is 7.10. The lowest BCUT2D eigenvalue weighted by molar-refractivity contribution is -0.158. The Morgan fingerprint density at radius 3 is 2.30 bits per heavy atom. The highest BCUT2D eigenvalue weighted by atomic mass is 35.5. The summed E-state index contributed by atoms with van der Waals surface area (Å²) in [5.74, 6) is -0.780. The number of esters is 1. The number of rotatable bonds is 7. The number of hydrogen-bond acceptors (Lipinski definition) is 5. The van der Waals surface area contributed by atoms with Crippen LogP contribution >= 0.6 is 11.6 Å². The van der Waals surface area contributed by atoms with Crippen LogP contribution in [-0.4, -0.2) is 49.3 Å². The van der Waals surface area contributed by atoms with E-state index >= 15 is 0 Å². The predicted octanol–water partition coefficient (Wildman–Crippen LogP) is 3.91. The third-order valence-electron chi connectivity index (χ3n) is 6.74. The van der Waals surface area contributed by atoms with Crippen molar-refractivity contribution in [2.75, 3.05) is 18.1 Å². The first-order chi connectivity index (χ1) is 15.8. The second-order valence-electron chi connectivity index (χ2n) is 8.94. The third kappa shape index (κ3) is 5.41. The summed E-state index contributed by atoms with van der Waals surface area (Å²) in [7, 11) is -3.17. The van der Waals surface area contributed by atoms with Crippen molar-refractivity contribution in [1.29, 1.82) is 0 Å². The van der Waals surface area contributed by atoms with E-state index < -0.39 is 33.9 Å². The topological polar surface area (TPSA) is 80.8 Å². The normalized spacial score (nSPS) is 20.9. The zero-order valence-corrected chi connectivity index (χ0v) is 20.0. The van der Waals surface area contributed by atoms with Crippen molar-refractivity contribution in [3.63, 3.8) is 0 Å². The highest BCUT2D eigenvalue weighted by Gasteiger charge is 2.44.